The molecule has 7 nitrogen and oxygen atoms in total. The van der Waals surface area contributed by atoms with Crippen LogP contribution in [0.1, 0.15) is 26.5 Å². The second-order valence-electron chi connectivity index (χ2n) is 6.88. The molecular formula is C20H23LiN4O3S. The van der Waals surface area contributed by atoms with Crippen LogP contribution < -0.4 is 5.32 Å². The van der Waals surface area contributed by atoms with Crippen LogP contribution in [0.25, 0.3) is 11.3 Å². The van der Waals surface area contributed by atoms with Gasteiger partial charge in [0.15, 0.2) is 0 Å². The van der Waals surface area contributed by atoms with Crippen LogP contribution in [0, 0.1) is 0 Å². The predicted molar refractivity (Wildman–Crippen MR) is 114 cm³/mol. The first kappa shape index (κ1) is 21.7. The Kier molecular flexibility index (Phi) is 7.27. The summed E-state index contributed by atoms with van der Waals surface area (Å²) in [5.74, 6) is -1.01. The van der Waals surface area contributed by atoms with E-state index in [1.54, 1.807) is 17.5 Å². The van der Waals surface area contributed by atoms with E-state index in [9.17, 15) is 15.0 Å². The molecule has 3 N–H and O–H groups in total. The number of carbonyl (C=O) groups is 1. The zero-order valence-corrected chi connectivity index (χ0v) is 16.2. The first-order chi connectivity index (χ1) is 13.6. The Morgan fingerprint density at radius 2 is 2.21 bits per heavy atom. The number of aromatic carboxylic acids is 1. The van der Waals surface area contributed by atoms with Crippen molar-refractivity contribution in [3.63, 3.8) is 0 Å². The van der Waals surface area contributed by atoms with Crippen molar-refractivity contribution in [1.82, 2.24) is 20.1 Å². The van der Waals surface area contributed by atoms with Crippen LogP contribution in [-0.4, -0.2) is 69.0 Å². The zero-order chi connectivity index (χ0) is 19.5. The Bertz CT molecular complexity index is 974. The van der Waals surface area contributed by atoms with Crippen LogP contribution in [0.5, 0.6) is 0 Å². The predicted octanol–water partition coefficient (Wildman–Crippen LogP) is 1.35. The van der Waals surface area contributed by atoms with Gasteiger partial charge in [-0.1, -0.05) is 6.07 Å². The number of pyridine rings is 1. The summed E-state index contributed by atoms with van der Waals surface area (Å²) < 4.78 is 1.44. The number of carboxylic acids is 1. The Labute approximate surface area is 185 Å². The third-order valence-corrected chi connectivity index (χ3v) is 5.88. The van der Waals surface area contributed by atoms with Crippen molar-refractivity contribution in [3.8, 4) is 11.3 Å². The van der Waals surface area contributed by atoms with E-state index in [0.717, 1.165) is 36.1 Å². The summed E-state index contributed by atoms with van der Waals surface area (Å²) >= 11 is 1.71. The van der Waals surface area contributed by atoms with Crippen molar-refractivity contribution < 1.29 is 15.0 Å². The third kappa shape index (κ3) is 4.80. The summed E-state index contributed by atoms with van der Waals surface area (Å²) in [5, 5.41) is 29.9. The molecule has 3 heterocycles. The summed E-state index contributed by atoms with van der Waals surface area (Å²) in [4.78, 5) is 17.3. The van der Waals surface area contributed by atoms with Gasteiger partial charge >= 0.3 is 24.8 Å². The molecule has 3 aromatic rings. The molecule has 1 aliphatic carbocycles. The average Bonchev–Trinajstić information content (AvgIpc) is 3.32. The molecule has 0 radical (unpaired) electrons. The third-order valence-electron chi connectivity index (χ3n) is 4.95. The van der Waals surface area contributed by atoms with Gasteiger partial charge in [-0.3, -0.25) is 9.67 Å². The summed E-state index contributed by atoms with van der Waals surface area (Å²) in [6.45, 7) is 1.29. The Morgan fingerprint density at radius 3 is 2.97 bits per heavy atom. The molecule has 148 valence electrons. The fraction of sp³-hybridized carbons (Fsp3) is 0.350. The van der Waals surface area contributed by atoms with E-state index in [-0.39, 0.29) is 31.1 Å². The van der Waals surface area contributed by atoms with Crippen molar-refractivity contribution in [2.24, 2.45) is 0 Å². The zero-order valence-electron chi connectivity index (χ0n) is 15.3. The molecule has 0 amide bonds. The fourth-order valence-electron chi connectivity index (χ4n) is 3.64. The Hall–Kier alpha value is -1.95. The molecule has 29 heavy (non-hydrogen) atoms. The SMILES string of the molecule is O=C(O)c1c2c(nn1CC(O)CNCCc1cccs1)-c1ccncc1CC2.[LiH]. The number of fused-ring (bicyclic) bond motifs is 3. The van der Waals surface area contributed by atoms with Crippen LogP contribution in [-0.2, 0) is 25.8 Å². The minimum atomic E-state index is -1.01. The number of nitrogens with zero attached hydrogens (tertiary/aromatic N) is 3. The summed E-state index contributed by atoms with van der Waals surface area (Å²) in [6.07, 6.45) is 5.05. The van der Waals surface area contributed by atoms with E-state index >= 15 is 0 Å². The first-order valence-corrected chi connectivity index (χ1v) is 10.2. The van der Waals surface area contributed by atoms with Crippen molar-refractivity contribution >= 4 is 36.2 Å². The van der Waals surface area contributed by atoms with Crippen LogP contribution >= 0.6 is 11.3 Å². The molecule has 1 unspecified atom stereocenters. The van der Waals surface area contributed by atoms with Gasteiger partial charge in [0, 0.05) is 41.5 Å². The number of nitrogens with one attached hydrogen (secondary N) is 1. The van der Waals surface area contributed by atoms with E-state index in [1.165, 1.54) is 9.56 Å². The molecule has 0 spiro atoms. The van der Waals surface area contributed by atoms with Crippen LogP contribution in [0.4, 0.5) is 0 Å². The van der Waals surface area contributed by atoms with Crippen molar-refractivity contribution in [3.05, 3.63) is 57.7 Å². The molecule has 0 saturated carbocycles. The maximum atomic E-state index is 11.9. The van der Waals surface area contributed by atoms with Gasteiger partial charge in [0.2, 0.25) is 0 Å². The van der Waals surface area contributed by atoms with Crippen molar-refractivity contribution in [1.29, 1.82) is 0 Å². The number of rotatable bonds is 8. The van der Waals surface area contributed by atoms with Gasteiger partial charge in [-0.15, -0.1) is 11.3 Å². The number of thiophene rings is 1. The van der Waals surface area contributed by atoms with Gasteiger partial charge in [-0.2, -0.15) is 5.10 Å². The molecule has 4 rings (SSSR count). The van der Waals surface area contributed by atoms with E-state index in [1.807, 2.05) is 23.7 Å². The molecule has 3 aromatic heterocycles. The summed E-state index contributed by atoms with van der Waals surface area (Å²) in [5.41, 5.74) is 3.62. The maximum absolute atomic E-state index is 11.9. The number of aromatic nitrogens is 3. The normalized spacial score (nSPS) is 13.3. The van der Waals surface area contributed by atoms with Gasteiger partial charge < -0.3 is 15.5 Å². The monoisotopic (exact) mass is 406 g/mol. The molecule has 1 atom stereocenters. The fourth-order valence-corrected chi connectivity index (χ4v) is 4.35. The molecule has 1 aliphatic rings. The van der Waals surface area contributed by atoms with Gasteiger partial charge in [-0.25, -0.2) is 4.79 Å². The summed E-state index contributed by atoms with van der Waals surface area (Å²) in [7, 11) is 0. The molecule has 0 bridgehead atoms. The molecule has 0 fully saturated rings. The Balaban J connectivity index is 0.00000240. The number of aryl methyl sites for hydroxylation is 1. The van der Waals surface area contributed by atoms with Gasteiger partial charge in [0.25, 0.3) is 0 Å². The van der Waals surface area contributed by atoms with Gasteiger partial charge in [0.05, 0.1) is 18.3 Å². The van der Waals surface area contributed by atoms with Crippen LogP contribution in [0.15, 0.2) is 36.0 Å². The molecule has 9 heteroatoms. The Morgan fingerprint density at radius 1 is 1.34 bits per heavy atom. The quantitative estimate of drug-likeness (QED) is 0.386. The number of hydrogen-bond acceptors (Lipinski definition) is 6. The number of carboxylic acid groups (broad SMARTS) is 1. The summed E-state index contributed by atoms with van der Waals surface area (Å²) in [6, 6.07) is 5.98. The number of hydrogen-bond donors (Lipinski definition) is 3. The molecule has 0 saturated heterocycles. The molecular weight excluding hydrogens is 383 g/mol. The topological polar surface area (TPSA) is 100 Å². The van der Waals surface area contributed by atoms with Crippen LogP contribution in [0.3, 0.4) is 0 Å². The van der Waals surface area contributed by atoms with Crippen molar-refractivity contribution in [2.45, 2.75) is 31.9 Å². The number of aliphatic hydroxyl groups excluding tert-OH is 1. The van der Waals surface area contributed by atoms with E-state index in [2.05, 4.69) is 21.5 Å². The van der Waals surface area contributed by atoms with E-state index in [0.29, 0.717) is 18.7 Å². The van der Waals surface area contributed by atoms with E-state index in [4.69, 9.17) is 0 Å². The van der Waals surface area contributed by atoms with Gasteiger partial charge in [-0.05, 0) is 42.3 Å². The first-order valence-electron chi connectivity index (χ1n) is 9.31. The molecule has 0 aromatic carbocycles. The van der Waals surface area contributed by atoms with Crippen LogP contribution in [0.2, 0.25) is 0 Å². The standard InChI is InChI=1S/C20H22N4O3S.Li.H/c25-14(11-22-7-5-15-2-1-9-28-15)12-24-19(20(26)27)17-4-3-13-10-21-8-6-16(13)18(17)23-24;;/h1-2,6,8-10,14,22,25H,3-5,7,11-12H2,(H,26,27);;. The minimum absolute atomic E-state index is 0. The molecule has 0 aliphatic heterocycles. The second-order valence-corrected chi connectivity index (χ2v) is 7.92. The van der Waals surface area contributed by atoms with Crippen molar-refractivity contribution in [2.75, 3.05) is 13.1 Å². The number of aliphatic hydroxyl groups is 1. The average molecular weight is 406 g/mol. The van der Waals surface area contributed by atoms with Gasteiger partial charge in [0.1, 0.15) is 5.69 Å². The second kappa shape index (κ2) is 9.70. The van der Waals surface area contributed by atoms with E-state index < -0.39 is 12.1 Å².